The Kier molecular flexibility index (Phi) is 4.30. The van der Waals surface area contributed by atoms with Crippen molar-refractivity contribution in [1.29, 1.82) is 0 Å². The zero-order valence-corrected chi connectivity index (χ0v) is 11.3. The molecule has 0 bridgehead atoms. The van der Waals surface area contributed by atoms with Crippen molar-refractivity contribution in [3.8, 4) is 11.5 Å². The van der Waals surface area contributed by atoms with Crippen LogP contribution in [0.3, 0.4) is 0 Å². The van der Waals surface area contributed by atoms with E-state index in [0.29, 0.717) is 12.4 Å². The highest BCUT2D eigenvalue weighted by Gasteiger charge is 2.07. The molecule has 0 spiro atoms. The summed E-state index contributed by atoms with van der Waals surface area (Å²) in [4.78, 5) is 1.40. The molecule has 1 heterocycles. The van der Waals surface area contributed by atoms with Gasteiger partial charge < -0.3 is 14.8 Å². The summed E-state index contributed by atoms with van der Waals surface area (Å²) in [5.74, 6) is 2.05. The lowest BCUT2D eigenvalue weighted by atomic mass is 10.2. The molecule has 19 heavy (non-hydrogen) atoms. The standard InChI is InChI=1S/C12H17N5O2/c1-13-7-9-4-5-10(18-3)6-11(9)19-8-12-14-16-17(2)15-12/h4-6,13H,7-8H2,1-3H3. The number of hydrogen-bond donors (Lipinski definition) is 1. The number of tetrazole rings is 1. The Morgan fingerprint density at radius 2 is 2.21 bits per heavy atom. The highest BCUT2D eigenvalue weighted by molar-refractivity contribution is 5.40. The van der Waals surface area contributed by atoms with Gasteiger partial charge in [0.15, 0.2) is 6.61 Å². The van der Waals surface area contributed by atoms with Gasteiger partial charge in [0.2, 0.25) is 5.82 Å². The summed E-state index contributed by atoms with van der Waals surface area (Å²) in [5.41, 5.74) is 1.05. The van der Waals surface area contributed by atoms with E-state index in [2.05, 4.69) is 20.7 Å². The SMILES string of the molecule is CNCc1ccc(OC)cc1OCc1nnn(C)n1. The van der Waals surface area contributed by atoms with Gasteiger partial charge in [-0.05, 0) is 18.3 Å². The molecule has 0 atom stereocenters. The molecule has 1 N–H and O–H groups in total. The number of nitrogens with one attached hydrogen (secondary N) is 1. The first-order valence-electron chi connectivity index (χ1n) is 5.90. The van der Waals surface area contributed by atoms with Gasteiger partial charge in [-0.15, -0.1) is 10.2 Å². The summed E-state index contributed by atoms with van der Waals surface area (Å²) in [6.45, 7) is 0.991. The lowest BCUT2D eigenvalue weighted by Crippen LogP contribution is -2.08. The minimum Gasteiger partial charge on any atom is -0.497 e. The van der Waals surface area contributed by atoms with Crippen LogP contribution in [0.4, 0.5) is 0 Å². The number of nitrogens with zero attached hydrogens (tertiary/aromatic N) is 4. The van der Waals surface area contributed by atoms with Crippen molar-refractivity contribution in [1.82, 2.24) is 25.5 Å². The smallest absolute Gasteiger partial charge is 0.212 e. The lowest BCUT2D eigenvalue weighted by molar-refractivity contribution is 0.289. The van der Waals surface area contributed by atoms with Gasteiger partial charge in [-0.3, -0.25) is 0 Å². The van der Waals surface area contributed by atoms with Crippen LogP contribution in [0.25, 0.3) is 0 Å². The van der Waals surface area contributed by atoms with Gasteiger partial charge >= 0.3 is 0 Å². The van der Waals surface area contributed by atoms with E-state index in [9.17, 15) is 0 Å². The highest BCUT2D eigenvalue weighted by atomic mass is 16.5. The molecule has 0 saturated heterocycles. The number of benzene rings is 1. The first-order chi connectivity index (χ1) is 9.22. The zero-order valence-electron chi connectivity index (χ0n) is 11.3. The van der Waals surface area contributed by atoms with Crippen LogP contribution < -0.4 is 14.8 Å². The number of rotatable bonds is 6. The van der Waals surface area contributed by atoms with E-state index in [0.717, 1.165) is 17.1 Å². The van der Waals surface area contributed by atoms with Crippen LogP contribution in [0.5, 0.6) is 11.5 Å². The second-order valence-electron chi connectivity index (χ2n) is 3.99. The Morgan fingerprint density at radius 3 is 2.84 bits per heavy atom. The van der Waals surface area contributed by atoms with Crippen LogP contribution in [-0.2, 0) is 20.2 Å². The van der Waals surface area contributed by atoms with E-state index in [1.54, 1.807) is 14.2 Å². The molecule has 0 aliphatic rings. The number of hydrogen-bond acceptors (Lipinski definition) is 6. The molecule has 0 aliphatic carbocycles. The van der Waals surface area contributed by atoms with Crippen molar-refractivity contribution in [2.75, 3.05) is 14.2 Å². The maximum atomic E-state index is 5.73. The summed E-state index contributed by atoms with van der Waals surface area (Å²) in [5, 5.41) is 14.8. The van der Waals surface area contributed by atoms with Crippen molar-refractivity contribution in [3.63, 3.8) is 0 Å². The van der Waals surface area contributed by atoms with Crippen molar-refractivity contribution in [2.24, 2.45) is 7.05 Å². The van der Waals surface area contributed by atoms with Crippen molar-refractivity contribution in [2.45, 2.75) is 13.2 Å². The van der Waals surface area contributed by atoms with E-state index < -0.39 is 0 Å². The van der Waals surface area contributed by atoms with E-state index in [4.69, 9.17) is 9.47 Å². The third kappa shape index (κ3) is 3.41. The average Bonchev–Trinajstić information content (AvgIpc) is 2.83. The van der Waals surface area contributed by atoms with E-state index in [1.807, 2.05) is 25.2 Å². The van der Waals surface area contributed by atoms with Gasteiger partial charge in [0, 0.05) is 18.2 Å². The Balaban J connectivity index is 2.12. The molecule has 1 aromatic heterocycles. The fourth-order valence-electron chi connectivity index (χ4n) is 1.66. The Labute approximate surface area is 111 Å². The molecule has 0 unspecified atom stereocenters. The summed E-state index contributed by atoms with van der Waals surface area (Å²) in [6.07, 6.45) is 0. The molecule has 1 aromatic carbocycles. The molecular formula is C12H17N5O2. The topological polar surface area (TPSA) is 74.1 Å². The molecule has 102 valence electrons. The molecule has 2 aromatic rings. The Bertz CT molecular complexity index is 541. The molecule has 2 rings (SSSR count). The van der Waals surface area contributed by atoms with Crippen molar-refractivity contribution < 1.29 is 9.47 Å². The highest BCUT2D eigenvalue weighted by Crippen LogP contribution is 2.25. The minimum absolute atomic E-state index is 0.276. The molecule has 0 fully saturated rings. The molecule has 0 radical (unpaired) electrons. The summed E-state index contributed by atoms with van der Waals surface area (Å²) < 4.78 is 10.9. The van der Waals surface area contributed by atoms with Crippen LogP contribution in [0.15, 0.2) is 18.2 Å². The fourth-order valence-corrected chi connectivity index (χ4v) is 1.66. The quantitative estimate of drug-likeness (QED) is 0.819. The van der Waals surface area contributed by atoms with Gasteiger partial charge in [-0.25, -0.2) is 0 Å². The third-order valence-corrected chi connectivity index (χ3v) is 2.55. The van der Waals surface area contributed by atoms with Crippen LogP contribution >= 0.6 is 0 Å². The molecule has 0 saturated carbocycles. The van der Waals surface area contributed by atoms with Gasteiger partial charge in [0.05, 0.1) is 14.2 Å². The van der Waals surface area contributed by atoms with Gasteiger partial charge in [0.25, 0.3) is 0 Å². The second-order valence-corrected chi connectivity index (χ2v) is 3.99. The minimum atomic E-state index is 0.276. The average molecular weight is 263 g/mol. The largest absolute Gasteiger partial charge is 0.497 e. The monoisotopic (exact) mass is 263 g/mol. The fraction of sp³-hybridized carbons (Fsp3) is 0.417. The number of aromatic nitrogens is 4. The predicted octanol–water partition coefficient (Wildman–Crippen LogP) is 0.517. The molecule has 7 heteroatoms. The van der Waals surface area contributed by atoms with Gasteiger partial charge in [0.1, 0.15) is 11.5 Å². The van der Waals surface area contributed by atoms with Crippen LogP contribution in [0.1, 0.15) is 11.4 Å². The first kappa shape index (κ1) is 13.3. The summed E-state index contributed by atoms with van der Waals surface area (Å²) in [6, 6.07) is 5.72. The number of ether oxygens (including phenoxy) is 2. The third-order valence-electron chi connectivity index (χ3n) is 2.55. The lowest BCUT2D eigenvalue weighted by Gasteiger charge is -2.11. The summed E-state index contributed by atoms with van der Waals surface area (Å²) in [7, 11) is 5.23. The predicted molar refractivity (Wildman–Crippen MR) is 68.9 cm³/mol. The van der Waals surface area contributed by atoms with Crippen LogP contribution in [-0.4, -0.2) is 34.4 Å². The molecule has 7 nitrogen and oxygen atoms in total. The maximum Gasteiger partial charge on any atom is 0.212 e. The molecular weight excluding hydrogens is 246 g/mol. The summed E-state index contributed by atoms with van der Waals surface area (Å²) >= 11 is 0. The normalized spacial score (nSPS) is 10.5. The van der Waals surface area contributed by atoms with E-state index >= 15 is 0 Å². The van der Waals surface area contributed by atoms with E-state index in [1.165, 1.54) is 4.80 Å². The van der Waals surface area contributed by atoms with Gasteiger partial charge in [-0.1, -0.05) is 6.07 Å². The second kappa shape index (κ2) is 6.14. The Morgan fingerprint density at radius 1 is 1.37 bits per heavy atom. The maximum absolute atomic E-state index is 5.73. The van der Waals surface area contributed by atoms with Crippen molar-refractivity contribution >= 4 is 0 Å². The van der Waals surface area contributed by atoms with Crippen LogP contribution in [0, 0.1) is 0 Å². The van der Waals surface area contributed by atoms with Crippen LogP contribution in [0.2, 0.25) is 0 Å². The van der Waals surface area contributed by atoms with E-state index in [-0.39, 0.29) is 6.61 Å². The molecule has 0 aliphatic heterocycles. The Hall–Kier alpha value is -2.15. The van der Waals surface area contributed by atoms with Crippen molar-refractivity contribution in [3.05, 3.63) is 29.6 Å². The number of aryl methyl sites for hydroxylation is 1. The number of methoxy groups -OCH3 is 1. The first-order valence-corrected chi connectivity index (χ1v) is 5.90. The molecule has 0 amide bonds. The van der Waals surface area contributed by atoms with Gasteiger partial charge in [-0.2, -0.15) is 4.80 Å². The zero-order chi connectivity index (χ0) is 13.7.